The third-order valence-corrected chi connectivity index (χ3v) is 5.91. The van der Waals surface area contributed by atoms with Gasteiger partial charge in [0.1, 0.15) is 47.4 Å². The number of carboxylic acid groups (broad SMARTS) is 1. The number of alkyl carbamates (subject to hydrolysis) is 2. The minimum atomic E-state index is -1.50. The second kappa shape index (κ2) is 15.1. The van der Waals surface area contributed by atoms with Gasteiger partial charge in [-0.25, -0.2) is 18.8 Å². The van der Waals surface area contributed by atoms with Gasteiger partial charge in [-0.2, -0.15) is 0 Å². The summed E-state index contributed by atoms with van der Waals surface area (Å²) in [6, 6.07) is 6.75. The second-order valence-corrected chi connectivity index (χ2v) is 11.3. The third-order valence-electron chi connectivity index (χ3n) is 5.91. The van der Waals surface area contributed by atoms with Crippen molar-refractivity contribution >= 4 is 29.5 Å². The Hall–Kier alpha value is -4.46. The number of halogens is 1. The Kier molecular flexibility index (Phi) is 12.2. The Balaban J connectivity index is 1.93. The molecule has 2 rings (SSSR count). The standard InChI is InChI=1S/C29H41FN4O9/c1-28(2,3)42-26(38)33-18(14-35)15-40-21-10-6-8-17(23(21)31)12-13-29(4,5)43-27(39)34-20(25(36)37)16-41-22-11-7-9-19(30)24(22)32/h6-11,18,20,35H,12-16,31-32H2,1-5H3,(H,33,38)(H,34,39)(H,36,37). The summed E-state index contributed by atoms with van der Waals surface area (Å²) in [4.78, 5) is 36.2. The Morgan fingerprint density at radius 1 is 0.884 bits per heavy atom. The predicted octanol–water partition coefficient (Wildman–Crippen LogP) is 3.22. The number of benzene rings is 2. The van der Waals surface area contributed by atoms with E-state index >= 15 is 0 Å². The van der Waals surface area contributed by atoms with Crippen LogP contribution in [0.25, 0.3) is 0 Å². The van der Waals surface area contributed by atoms with Crippen molar-refractivity contribution in [3.05, 3.63) is 47.8 Å². The molecule has 238 valence electrons. The SMILES string of the molecule is CC(C)(C)OC(=O)NC(CO)COc1cccc(CCC(C)(C)OC(=O)NC(COc2cccc(F)c2N)C(=O)O)c1N. The fraction of sp³-hybridized carbons (Fsp3) is 0.483. The molecule has 0 aliphatic heterocycles. The smallest absolute Gasteiger partial charge is 0.408 e. The number of nitrogens with two attached hydrogens (primary N) is 2. The van der Waals surface area contributed by atoms with E-state index in [0.29, 0.717) is 29.8 Å². The minimum absolute atomic E-state index is 0.0586. The number of aryl methyl sites for hydroxylation is 1. The van der Waals surface area contributed by atoms with E-state index < -0.39 is 53.9 Å². The molecule has 13 nitrogen and oxygen atoms in total. The number of aliphatic carboxylic acids is 1. The van der Waals surface area contributed by atoms with Crippen molar-refractivity contribution < 1.29 is 47.9 Å². The molecule has 2 atom stereocenters. The summed E-state index contributed by atoms with van der Waals surface area (Å²) in [5, 5.41) is 23.9. The summed E-state index contributed by atoms with van der Waals surface area (Å²) >= 11 is 0. The first-order chi connectivity index (χ1) is 20.0. The van der Waals surface area contributed by atoms with Gasteiger partial charge in [0.2, 0.25) is 0 Å². The topological polar surface area (TPSA) is 205 Å². The lowest BCUT2D eigenvalue weighted by Gasteiger charge is -2.27. The van der Waals surface area contributed by atoms with Gasteiger partial charge in [-0.3, -0.25) is 0 Å². The summed E-state index contributed by atoms with van der Waals surface area (Å²) < 4.78 is 35.3. The lowest BCUT2D eigenvalue weighted by Crippen LogP contribution is -2.47. The van der Waals surface area contributed by atoms with E-state index in [4.69, 9.17) is 30.4 Å². The molecular formula is C29H41FN4O9. The molecule has 14 heteroatoms. The van der Waals surface area contributed by atoms with Crippen molar-refractivity contribution in [3.63, 3.8) is 0 Å². The lowest BCUT2D eigenvalue weighted by molar-refractivity contribution is -0.140. The average Bonchev–Trinajstić information content (AvgIpc) is 2.89. The molecule has 2 aromatic carbocycles. The number of para-hydroxylation sites is 2. The van der Waals surface area contributed by atoms with Gasteiger partial charge in [0.25, 0.3) is 0 Å². The van der Waals surface area contributed by atoms with E-state index in [1.165, 1.54) is 12.1 Å². The Bertz CT molecular complexity index is 1270. The van der Waals surface area contributed by atoms with E-state index in [1.54, 1.807) is 52.8 Å². The van der Waals surface area contributed by atoms with Crippen LogP contribution in [0.5, 0.6) is 11.5 Å². The first kappa shape index (κ1) is 34.7. The zero-order chi connectivity index (χ0) is 32.4. The molecule has 0 fully saturated rings. The molecule has 8 N–H and O–H groups in total. The average molecular weight is 609 g/mol. The monoisotopic (exact) mass is 608 g/mol. The third kappa shape index (κ3) is 11.7. The molecular weight excluding hydrogens is 567 g/mol. The number of rotatable bonds is 14. The lowest BCUT2D eigenvalue weighted by atomic mass is 9.97. The van der Waals surface area contributed by atoms with Crippen molar-refractivity contribution in [1.29, 1.82) is 0 Å². The zero-order valence-electron chi connectivity index (χ0n) is 24.9. The number of nitrogen functional groups attached to an aromatic ring is 2. The molecule has 0 spiro atoms. The fourth-order valence-electron chi connectivity index (χ4n) is 3.64. The van der Waals surface area contributed by atoms with Gasteiger partial charge in [0.05, 0.1) is 18.3 Å². The van der Waals surface area contributed by atoms with E-state index in [1.807, 2.05) is 0 Å². The Labute approximate surface area is 249 Å². The van der Waals surface area contributed by atoms with Crippen molar-refractivity contribution in [2.75, 3.05) is 31.3 Å². The fourth-order valence-corrected chi connectivity index (χ4v) is 3.64. The number of amides is 2. The predicted molar refractivity (Wildman–Crippen MR) is 156 cm³/mol. The van der Waals surface area contributed by atoms with E-state index in [0.717, 1.165) is 6.07 Å². The molecule has 0 radical (unpaired) electrons. The normalized spacial score (nSPS) is 12.9. The van der Waals surface area contributed by atoms with Gasteiger partial charge in [-0.05, 0) is 71.2 Å². The van der Waals surface area contributed by atoms with Crippen molar-refractivity contribution in [3.8, 4) is 11.5 Å². The van der Waals surface area contributed by atoms with E-state index in [2.05, 4.69) is 10.6 Å². The summed E-state index contributed by atoms with van der Waals surface area (Å²) in [5.74, 6) is -1.83. The minimum Gasteiger partial charge on any atom is -0.489 e. The zero-order valence-corrected chi connectivity index (χ0v) is 24.9. The number of nitrogens with one attached hydrogen (secondary N) is 2. The van der Waals surface area contributed by atoms with Crippen LogP contribution in [0.3, 0.4) is 0 Å². The molecule has 0 aromatic heterocycles. The second-order valence-electron chi connectivity index (χ2n) is 11.3. The van der Waals surface area contributed by atoms with Crippen LogP contribution in [0.4, 0.5) is 25.4 Å². The summed E-state index contributed by atoms with van der Waals surface area (Å²) in [6.45, 7) is 7.48. The summed E-state index contributed by atoms with van der Waals surface area (Å²) in [6.07, 6.45) is -1.01. The van der Waals surface area contributed by atoms with E-state index in [9.17, 15) is 29.0 Å². The number of ether oxygens (including phenoxy) is 4. The number of hydrogen-bond donors (Lipinski definition) is 6. The first-order valence-corrected chi connectivity index (χ1v) is 13.5. The molecule has 0 bridgehead atoms. The molecule has 2 aromatic rings. The van der Waals surface area contributed by atoms with Gasteiger partial charge in [-0.15, -0.1) is 0 Å². The van der Waals surface area contributed by atoms with Gasteiger partial charge < -0.3 is 51.3 Å². The van der Waals surface area contributed by atoms with Crippen LogP contribution in [0.1, 0.15) is 46.6 Å². The van der Waals surface area contributed by atoms with E-state index in [-0.39, 0.29) is 24.7 Å². The van der Waals surface area contributed by atoms with Crippen LogP contribution in [0, 0.1) is 5.82 Å². The van der Waals surface area contributed by atoms with Gasteiger partial charge >= 0.3 is 18.2 Å². The van der Waals surface area contributed by atoms with Gasteiger partial charge in [-0.1, -0.05) is 18.2 Å². The summed E-state index contributed by atoms with van der Waals surface area (Å²) in [7, 11) is 0. The maximum Gasteiger partial charge on any atom is 0.408 e. The quantitative estimate of drug-likeness (QED) is 0.172. The number of carbonyl (C=O) groups is 3. The molecule has 0 aliphatic rings. The van der Waals surface area contributed by atoms with Crippen LogP contribution < -0.4 is 31.6 Å². The van der Waals surface area contributed by atoms with Crippen molar-refractivity contribution in [1.82, 2.24) is 10.6 Å². The van der Waals surface area contributed by atoms with Crippen LogP contribution in [-0.2, 0) is 20.7 Å². The van der Waals surface area contributed by atoms with Crippen molar-refractivity contribution in [2.45, 2.75) is 70.7 Å². The number of aliphatic hydroxyl groups is 1. The van der Waals surface area contributed by atoms with Crippen LogP contribution in [0.15, 0.2) is 36.4 Å². The molecule has 43 heavy (non-hydrogen) atoms. The number of aliphatic hydroxyl groups excluding tert-OH is 1. The summed E-state index contributed by atoms with van der Waals surface area (Å²) in [5.41, 5.74) is 10.9. The molecule has 0 saturated heterocycles. The highest BCUT2D eigenvalue weighted by Crippen LogP contribution is 2.29. The Morgan fingerprint density at radius 2 is 1.47 bits per heavy atom. The maximum absolute atomic E-state index is 13.6. The highest BCUT2D eigenvalue weighted by atomic mass is 19.1. The largest absolute Gasteiger partial charge is 0.489 e. The molecule has 0 heterocycles. The molecule has 0 saturated carbocycles. The van der Waals surface area contributed by atoms with Crippen LogP contribution in [0.2, 0.25) is 0 Å². The van der Waals surface area contributed by atoms with Crippen LogP contribution >= 0.6 is 0 Å². The number of anilines is 2. The molecule has 0 aliphatic carbocycles. The number of hydrogen-bond acceptors (Lipinski definition) is 10. The Morgan fingerprint density at radius 3 is 2.07 bits per heavy atom. The number of carboxylic acids is 1. The highest BCUT2D eigenvalue weighted by molar-refractivity contribution is 5.80. The van der Waals surface area contributed by atoms with Crippen molar-refractivity contribution in [2.24, 2.45) is 0 Å². The number of carbonyl (C=O) groups excluding carboxylic acids is 2. The van der Waals surface area contributed by atoms with Crippen LogP contribution in [-0.4, -0.2) is 71.5 Å². The molecule has 2 amide bonds. The van der Waals surface area contributed by atoms with Gasteiger partial charge in [0.15, 0.2) is 6.04 Å². The van der Waals surface area contributed by atoms with Gasteiger partial charge in [0, 0.05) is 0 Å². The maximum atomic E-state index is 13.6. The first-order valence-electron chi connectivity index (χ1n) is 13.5. The highest BCUT2D eigenvalue weighted by Gasteiger charge is 2.28. The molecule has 2 unspecified atom stereocenters.